The van der Waals surface area contributed by atoms with Crippen molar-refractivity contribution in [2.45, 2.75) is 52.5 Å². The molecule has 1 aliphatic rings. The van der Waals surface area contributed by atoms with Gasteiger partial charge in [-0.1, -0.05) is 27.7 Å². The summed E-state index contributed by atoms with van der Waals surface area (Å²) in [5, 5.41) is 8.15. The molecule has 0 amide bonds. The van der Waals surface area contributed by atoms with Crippen LogP contribution in [0.3, 0.4) is 0 Å². The number of nitrogens with one attached hydrogen (secondary N) is 1. The SMILES string of the molecule is CCN(Cc1cn(C)nc1C(C)(C)C)CC1CCNCC1. The Morgan fingerprint density at radius 3 is 2.57 bits per heavy atom. The molecule has 1 saturated heterocycles. The molecular formula is C17H32N4. The van der Waals surface area contributed by atoms with Crippen LogP contribution in [0.15, 0.2) is 6.20 Å². The van der Waals surface area contributed by atoms with E-state index in [2.05, 4.69) is 44.1 Å². The van der Waals surface area contributed by atoms with Crippen LogP contribution in [0.25, 0.3) is 0 Å². The molecule has 2 rings (SSSR count). The van der Waals surface area contributed by atoms with Gasteiger partial charge >= 0.3 is 0 Å². The van der Waals surface area contributed by atoms with Crippen molar-refractivity contribution in [1.29, 1.82) is 0 Å². The normalized spacial score (nSPS) is 17.6. The van der Waals surface area contributed by atoms with Gasteiger partial charge in [-0.05, 0) is 38.4 Å². The first-order valence-corrected chi connectivity index (χ1v) is 8.36. The van der Waals surface area contributed by atoms with Crippen LogP contribution < -0.4 is 5.32 Å². The lowest BCUT2D eigenvalue weighted by Crippen LogP contribution is -2.36. The minimum absolute atomic E-state index is 0.116. The second-order valence-electron chi connectivity index (χ2n) is 7.45. The topological polar surface area (TPSA) is 33.1 Å². The van der Waals surface area contributed by atoms with Gasteiger partial charge in [0, 0.05) is 37.3 Å². The highest BCUT2D eigenvalue weighted by Gasteiger charge is 2.24. The highest BCUT2D eigenvalue weighted by molar-refractivity contribution is 5.24. The van der Waals surface area contributed by atoms with E-state index in [9.17, 15) is 0 Å². The number of nitrogens with zero attached hydrogens (tertiary/aromatic N) is 3. The van der Waals surface area contributed by atoms with Crippen molar-refractivity contribution in [2.75, 3.05) is 26.2 Å². The van der Waals surface area contributed by atoms with Gasteiger partial charge < -0.3 is 5.32 Å². The van der Waals surface area contributed by atoms with Crippen LogP contribution in [0.5, 0.6) is 0 Å². The maximum atomic E-state index is 4.70. The second kappa shape index (κ2) is 6.93. The predicted octanol–water partition coefficient (Wildman–Crippen LogP) is 2.54. The zero-order valence-electron chi connectivity index (χ0n) is 14.4. The van der Waals surface area contributed by atoms with Crippen LogP contribution in [0, 0.1) is 5.92 Å². The maximum absolute atomic E-state index is 4.70. The minimum atomic E-state index is 0.116. The van der Waals surface area contributed by atoms with Crippen LogP contribution in [0.2, 0.25) is 0 Å². The Hall–Kier alpha value is -0.870. The Morgan fingerprint density at radius 1 is 1.33 bits per heavy atom. The highest BCUT2D eigenvalue weighted by atomic mass is 15.3. The third-order valence-corrected chi connectivity index (χ3v) is 4.43. The first-order valence-electron chi connectivity index (χ1n) is 8.36. The third-order valence-electron chi connectivity index (χ3n) is 4.43. The van der Waals surface area contributed by atoms with Gasteiger partial charge in [-0.15, -0.1) is 0 Å². The first-order chi connectivity index (χ1) is 9.90. The Bertz CT molecular complexity index is 438. The van der Waals surface area contributed by atoms with Crippen molar-refractivity contribution in [3.05, 3.63) is 17.5 Å². The average molecular weight is 292 g/mol. The van der Waals surface area contributed by atoms with E-state index in [1.165, 1.54) is 43.7 Å². The Balaban J connectivity index is 2.04. The molecule has 1 fully saturated rings. The Labute approximate surface area is 129 Å². The molecule has 1 N–H and O–H groups in total. The molecule has 120 valence electrons. The zero-order chi connectivity index (χ0) is 15.5. The molecule has 0 aliphatic carbocycles. The average Bonchev–Trinajstić information content (AvgIpc) is 2.80. The molecular weight excluding hydrogens is 260 g/mol. The van der Waals surface area contributed by atoms with Gasteiger partial charge in [-0.3, -0.25) is 9.58 Å². The standard InChI is InChI=1S/C17H32N4/c1-6-21(11-14-7-9-18-10-8-14)13-15-12-20(5)19-16(15)17(2,3)4/h12,14,18H,6-11,13H2,1-5H3. The van der Waals surface area contributed by atoms with Crippen LogP contribution in [0.4, 0.5) is 0 Å². The number of rotatable bonds is 5. The summed E-state index contributed by atoms with van der Waals surface area (Å²) in [6.45, 7) is 14.8. The van der Waals surface area contributed by atoms with Gasteiger partial charge in [-0.25, -0.2) is 0 Å². The molecule has 0 aromatic carbocycles. The molecule has 1 aromatic heterocycles. The lowest BCUT2D eigenvalue weighted by Gasteiger charge is -2.30. The Morgan fingerprint density at radius 2 is 2.00 bits per heavy atom. The van der Waals surface area contributed by atoms with E-state index in [-0.39, 0.29) is 5.41 Å². The van der Waals surface area contributed by atoms with Crippen molar-refractivity contribution < 1.29 is 0 Å². The molecule has 0 bridgehead atoms. The van der Waals surface area contributed by atoms with E-state index in [0.29, 0.717) is 0 Å². The Kier molecular flexibility index (Phi) is 5.44. The fourth-order valence-electron chi connectivity index (χ4n) is 3.26. The van der Waals surface area contributed by atoms with Gasteiger partial charge in [-0.2, -0.15) is 5.10 Å². The molecule has 0 unspecified atom stereocenters. The zero-order valence-corrected chi connectivity index (χ0v) is 14.4. The minimum Gasteiger partial charge on any atom is -0.317 e. The number of hydrogen-bond acceptors (Lipinski definition) is 3. The van der Waals surface area contributed by atoms with Crippen molar-refractivity contribution in [1.82, 2.24) is 20.0 Å². The highest BCUT2D eigenvalue weighted by Crippen LogP contribution is 2.25. The van der Waals surface area contributed by atoms with Crippen LogP contribution in [-0.2, 0) is 19.0 Å². The summed E-state index contributed by atoms with van der Waals surface area (Å²) in [5.41, 5.74) is 2.75. The molecule has 4 nitrogen and oxygen atoms in total. The van der Waals surface area contributed by atoms with E-state index in [0.717, 1.165) is 19.0 Å². The summed E-state index contributed by atoms with van der Waals surface area (Å²) >= 11 is 0. The number of aryl methyl sites for hydroxylation is 1. The molecule has 0 radical (unpaired) electrons. The number of piperidine rings is 1. The second-order valence-corrected chi connectivity index (χ2v) is 7.45. The lowest BCUT2D eigenvalue weighted by atomic mass is 9.89. The summed E-state index contributed by atoms with van der Waals surface area (Å²) < 4.78 is 1.97. The summed E-state index contributed by atoms with van der Waals surface area (Å²) in [5.74, 6) is 0.848. The molecule has 0 saturated carbocycles. The fourth-order valence-corrected chi connectivity index (χ4v) is 3.26. The van der Waals surface area contributed by atoms with Crippen molar-refractivity contribution in [3.63, 3.8) is 0 Å². The van der Waals surface area contributed by atoms with E-state index in [4.69, 9.17) is 5.10 Å². The molecule has 1 aliphatic heterocycles. The summed E-state index contributed by atoms with van der Waals surface area (Å²) in [6.07, 6.45) is 4.83. The summed E-state index contributed by atoms with van der Waals surface area (Å²) in [7, 11) is 2.03. The van der Waals surface area contributed by atoms with Crippen molar-refractivity contribution >= 4 is 0 Å². The molecule has 21 heavy (non-hydrogen) atoms. The van der Waals surface area contributed by atoms with E-state index < -0.39 is 0 Å². The number of aromatic nitrogens is 2. The van der Waals surface area contributed by atoms with E-state index >= 15 is 0 Å². The lowest BCUT2D eigenvalue weighted by molar-refractivity contribution is 0.206. The molecule has 4 heteroatoms. The van der Waals surface area contributed by atoms with Crippen LogP contribution >= 0.6 is 0 Å². The number of hydrogen-bond donors (Lipinski definition) is 1. The summed E-state index contributed by atoms with van der Waals surface area (Å²) in [6, 6.07) is 0. The third kappa shape index (κ3) is 4.55. The van der Waals surface area contributed by atoms with Crippen molar-refractivity contribution in [3.8, 4) is 0 Å². The van der Waals surface area contributed by atoms with Crippen LogP contribution in [-0.4, -0.2) is 40.9 Å². The van der Waals surface area contributed by atoms with Gasteiger partial charge in [0.05, 0.1) is 5.69 Å². The quantitative estimate of drug-likeness (QED) is 0.905. The monoisotopic (exact) mass is 292 g/mol. The maximum Gasteiger partial charge on any atom is 0.0722 e. The molecule has 0 spiro atoms. The summed E-state index contributed by atoms with van der Waals surface area (Å²) in [4.78, 5) is 2.59. The predicted molar refractivity (Wildman–Crippen MR) is 88.5 cm³/mol. The fraction of sp³-hybridized carbons (Fsp3) is 0.824. The largest absolute Gasteiger partial charge is 0.317 e. The molecule has 2 heterocycles. The first kappa shape index (κ1) is 16.5. The molecule has 1 aromatic rings. The van der Waals surface area contributed by atoms with Crippen molar-refractivity contribution in [2.24, 2.45) is 13.0 Å². The van der Waals surface area contributed by atoms with Gasteiger partial charge in [0.1, 0.15) is 0 Å². The van der Waals surface area contributed by atoms with Crippen LogP contribution in [0.1, 0.15) is 51.8 Å². The van der Waals surface area contributed by atoms with Gasteiger partial charge in [0.15, 0.2) is 0 Å². The van der Waals surface area contributed by atoms with E-state index in [1.54, 1.807) is 0 Å². The smallest absolute Gasteiger partial charge is 0.0722 e. The molecule has 0 atom stereocenters. The van der Waals surface area contributed by atoms with Gasteiger partial charge in [0.2, 0.25) is 0 Å². The van der Waals surface area contributed by atoms with Gasteiger partial charge in [0.25, 0.3) is 0 Å². The van der Waals surface area contributed by atoms with E-state index in [1.807, 2.05) is 11.7 Å².